The van der Waals surface area contributed by atoms with Crippen molar-refractivity contribution in [3.8, 4) is 0 Å². The minimum Gasteiger partial charge on any atom is -0.396 e. The fourth-order valence-corrected chi connectivity index (χ4v) is 3.56. The Labute approximate surface area is 129 Å². The molecular weight excluding hydrogens is 289 g/mol. The van der Waals surface area contributed by atoms with Gasteiger partial charge in [0.15, 0.2) is 0 Å². The predicted molar refractivity (Wildman–Crippen MR) is 82.7 cm³/mol. The summed E-state index contributed by atoms with van der Waals surface area (Å²) in [5.41, 5.74) is 0. The van der Waals surface area contributed by atoms with E-state index in [1.165, 1.54) is 30.7 Å². The number of hydrogen-bond acceptors (Lipinski definition) is 3. The van der Waals surface area contributed by atoms with E-state index in [9.17, 15) is 14.3 Å². The van der Waals surface area contributed by atoms with Gasteiger partial charge >= 0.3 is 0 Å². The molecule has 1 saturated carbocycles. The molecule has 2 rings (SSSR count). The Bertz CT molecular complexity index is 469. The minimum atomic E-state index is -0.289. The molecule has 2 N–H and O–H groups in total. The summed E-state index contributed by atoms with van der Waals surface area (Å²) in [4.78, 5) is 12.3. The summed E-state index contributed by atoms with van der Waals surface area (Å²) in [6.45, 7) is 0.812. The molecule has 3 nitrogen and oxygen atoms in total. The second-order valence-corrected chi connectivity index (χ2v) is 6.53. The van der Waals surface area contributed by atoms with Crippen LogP contribution in [0.15, 0.2) is 29.2 Å². The number of amides is 1. The standard InChI is InChI=1S/C16H22FNO2S/c17-14-7-3-4-8-15(14)21-11-16(20)18-9-12-5-1-2-6-13(12)10-19/h3-4,7-8,12-13,19H,1-2,5-6,9-11H2,(H,18,20). The highest BCUT2D eigenvalue weighted by Gasteiger charge is 2.24. The number of aliphatic hydroxyl groups is 1. The second-order valence-electron chi connectivity index (χ2n) is 5.51. The quantitative estimate of drug-likeness (QED) is 0.794. The Morgan fingerprint density at radius 3 is 2.71 bits per heavy atom. The molecule has 2 atom stereocenters. The van der Waals surface area contributed by atoms with Gasteiger partial charge in [-0.15, -0.1) is 11.8 Å². The van der Waals surface area contributed by atoms with Crippen LogP contribution in [-0.4, -0.2) is 29.9 Å². The van der Waals surface area contributed by atoms with Crippen LogP contribution in [0.1, 0.15) is 25.7 Å². The number of rotatable bonds is 6. The Morgan fingerprint density at radius 1 is 1.29 bits per heavy atom. The minimum absolute atomic E-state index is 0.0782. The van der Waals surface area contributed by atoms with Crippen molar-refractivity contribution in [2.45, 2.75) is 30.6 Å². The van der Waals surface area contributed by atoms with Crippen molar-refractivity contribution in [1.29, 1.82) is 0 Å². The number of nitrogens with one attached hydrogen (secondary N) is 1. The van der Waals surface area contributed by atoms with E-state index in [4.69, 9.17) is 0 Å². The van der Waals surface area contributed by atoms with Crippen LogP contribution in [0.4, 0.5) is 4.39 Å². The van der Waals surface area contributed by atoms with Gasteiger partial charge in [0.2, 0.25) is 5.91 Å². The maximum atomic E-state index is 13.4. The van der Waals surface area contributed by atoms with E-state index in [1.54, 1.807) is 18.2 Å². The summed E-state index contributed by atoms with van der Waals surface area (Å²) in [7, 11) is 0. The van der Waals surface area contributed by atoms with E-state index in [0.717, 1.165) is 12.8 Å². The maximum Gasteiger partial charge on any atom is 0.230 e. The molecular formula is C16H22FNO2S. The molecule has 0 saturated heterocycles. The first-order valence-corrected chi connectivity index (χ1v) is 8.44. The average Bonchev–Trinajstić information content (AvgIpc) is 2.52. The average molecular weight is 311 g/mol. The van der Waals surface area contributed by atoms with Gasteiger partial charge in [0.1, 0.15) is 5.82 Å². The van der Waals surface area contributed by atoms with Crippen LogP contribution in [0.5, 0.6) is 0 Å². The first-order valence-electron chi connectivity index (χ1n) is 7.45. The molecule has 1 fully saturated rings. The van der Waals surface area contributed by atoms with E-state index in [0.29, 0.717) is 23.3 Å². The van der Waals surface area contributed by atoms with Gasteiger partial charge in [0, 0.05) is 18.0 Å². The van der Waals surface area contributed by atoms with E-state index in [2.05, 4.69) is 5.32 Å². The summed E-state index contributed by atoms with van der Waals surface area (Å²) in [5, 5.41) is 12.3. The van der Waals surface area contributed by atoms with Crippen LogP contribution in [0.3, 0.4) is 0 Å². The smallest absolute Gasteiger partial charge is 0.230 e. The topological polar surface area (TPSA) is 49.3 Å². The molecule has 1 aromatic rings. The molecule has 0 aliphatic heterocycles. The summed E-state index contributed by atoms with van der Waals surface area (Å²) < 4.78 is 13.4. The molecule has 1 aliphatic carbocycles. The highest BCUT2D eigenvalue weighted by molar-refractivity contribution is 8.00. The summed E-state index contributed by atoms with van der Waals surface area (Å²) >= 11 is 1.21. The molecule has 1 amide bonds. The number of hydrogen-bond donors (Lipinski definition) is 2. The number of carbonyl (C=O) groups excluding carboxylic acids is 1. The zero-order valence-electron chi connectivity index (χ0n) is 12.1. The third kappa shape index (κ3) is 5.00. The van der Waals surface area contributed by atoms with Crippen molar-refractivity contribution in [3.05, 3.63) is 30.1 Å². The largest absolute Gasteiger partial charge is 0.396 e. The van der Waals surface area contributed by atoms with Gasteiger partial charge < -0.3 is 10.4 Å². The first kappa shape index (κ1) is 16.3. The molecule has 5 heteroatoms. The SMILES string of the molecule is O=C(CSc1ccccc1F)NCC1CCCCC1CO. The lowest BCUT2D eigenvalue weighted by Crippen LogP contribution is -2.36. The third-order valence-electron chi connectivity index (χ3n) is 4.06. The molecule has 116 valence electrons. The summed E-state index contributed by atoms with van der Waals surface area (Å²) in [5.74, 6) is 0.523. The van der Waals surface area contributed by atoms with Crippen molar-refractivity contribution in [2.75, 3.05) is 18.9 Å². The highest BCUT2D eigenvalue weighted by atomic mass is 32.2. The van der Waals surface area contributed by atoms with Gasteiger partial charge in [-0.3, -0.25) is 4.79 Å². The number of thioether (sulfide) groups is 1. The van der Waals surface area contributed by atoms with Crippen LogP contribution in [-0.2, 0) is 4.79 Å². The summed E-state index contributed by atoms with van der Waals surface area (Å²) in [6, 6.07) is 6.47. The van der Waals surface area contributed by atoms with E-state index < -0.39 is 0 Å². The number of carbonyl (C=O) groups is 1. The van der Waals surface area contributed by atoms with E-state index >= 15 is 0 Å². The number of aliphatic hydroxyl groups excluding tert-OH is 1. The van der Waals surface area contributed by atoms with Crippen LogP contribution < -0.4 is 5.32 Å². The molecule has 0 heterocycles. The van der Waals surface area contributed by atoms with Gasteiger partial charge in [0.25, 0.3) is 0 Å². The Hall–Kier alpha value is -1.07. The Morgan fingerprint density at radius 2 is 2.00 bits per heavy atom. The van der Waals surface area contributed by atoms with Crippen molar-refractivity contribution in [2.24, 2.45) is 11.8 Å². The third-order valence-corrected chi connectivity index (χ3v) is 5.11. The lowest BCUT2D eigenvalue weighted by atomic mass is 9.79. The zero-order valence-corrected chi connectivity index (χ0v) is 12.9. The molecule has 1 aliphatic rings. The van der Waals surface area contributed by atoms with E-state index in [-0.39, 0.29) is 24.1 Å². The van der Waals surface area contributed by atoms with Gasteiger partial charge in [-0.05, 0) is 36.8 Å². The fourth-order valence-electron chi connectivity index (χ4n) is 2.79. The zero-order chi connectivity index (χ0) is 15.1. The Balaban J connectivity index is 1.73. The van der Waals surface area contributed by atoms with Crippen LogP contribution in [0.2, 0.25) is 0 Å². The maximum absolute atomic E-state index is 13.4. The second kappa shape index (κ2) is 8.39. The summed E-state index contributed by atoms with van der Waals surface area (Å²) in [6.07, 6.45) is 4.44. The van der Waals surface area contributed by atoms with Crippen LogP contribution in [0, 0.1) is 17.7 Å². The number of benzene rings is 1. The van der Waals surface area contributed by atoms with Gasteiger partial charge in [-0.1, -0.05) is 25.0 Å². The molecule has 0 radical (unpaired) electrons. The van der Waals surface area contributed by atoms with Crippen LogP contribution in [0.25, 0.3) is 0 Å². The van der Waals surface area contributed by atoms with E-state index in [1.807, 2.05) is 0 Å². The number of halogens is 1. The molecule has 0 spiro atoms. The molecule has 1 aromatic carbocycles. The van der Waals surface area contributed by atoms with Gasteiger partial charge in [-0.25, -0.2) is 4.39 Å². The monoisotopic (exact) mass is 311 g/mol. The van der Waals surface area contributed by atoms with Crippen molar-refractivity contribution in [3.63, 3.8) is 0 Å². The van der Waals surface area contributed by atoms with Crippen LogP contribution >= 0.6 is 11.8 Å². The fraction of sp³-hybridized carbons (Fsp3) is 0.562. The lowest BCUT2D eigenvalue weighted by molar-refractivity contribution is -0.118. The van der Waals surface area contributed by atoms with Gasteiger partial charge in [0.05, 0.1) is 5.75 Å². The van der Waals surface area contributed by atoms with Crippen molar-refractivity contribution in [1.82, 2.24) is 5.32 Å². The predicted octanol–water partition coefficient (Wildman–Crippen LogP) is 2.83. The normalized spacial score (nSPS) is 22.0. The lowest BCUT2D eigenvalue weighted by Gasteiger charge is -2.30. The molecule has 2 unspecified atom stereocenters. The van der Waals surface area contributed by atoms with Crippen molar-refractivity contribution < 1.29 is 14.3 Å². The first-order chi connectivity index (χ1) is 10.2. The van der Waals surface area contributed by atoms with Gasteiger partial charge in [-0.2, -0.15) is 0 Å². The molecule has 0 aromatic heterocycles. The van der Waals surface area contributed by atoms with Crippen molar-refractivity contribution >= 4 is 17.7 Å². The molecule has 21 heavy (non-hydrogen) atoms. The molecule has 0 bridgehead atoms. The highest BCUT2D eigenvalue weighted by Crippen LogP contribution is 2.29. The Kier molecular flexibility index (Phi) is 6.51.